The molecule has 8 nitrogen and oxygen atoms in total. The molecule has 0 radical (unpaired) electrons. The van der Waals surface area contributed by atoms with Crippen LogP contribution in [0, 0.1) is 0 Å². The Morgan fingerprint density at radius 3 is 2.74 bits per heavy atom. The van der Waals surface area contributed by atoms with E-state index in [4.69, 9.17) is 16.3 Å². The lowest BCUT2D eigenvalue weighted by atomic mass is 10.1. The van der Waals surface area contributed by atoms with Gasteiger partial charge in [-0.2, -0.15) is 0 Å². The molecular weight excluding hydrogens is 524 g/mol. The van der Waals surface area contributed by atoms with E-state index in [1.54, 1.807) is 6.07 Å². The zero-order chi connectivity index (χ0) is 27.3. The standard InChI is InChI=1S/C28H39ClN4O4S/c1-3-33(4-2)16-15-31-25(35)19-23(37-17-12-20-6-5-7-22(29)18-20)11-14-30-13-10-21-8-9-24(34)26-27(21)38-28(36)32-26/h5-9,18,23,30,34H,3-4,10-17,19H2,1-2H3,(H,31,35)(H,32,36). The normalized spacial score (nSPS) is 12.3. The van der Waals surface area contributed by atoms with E-state index < -0.39 is 0 Å². The summed E-state index contributed by atoms with van der Waals surface area (Å²) in [5.74, 6) is 0.0851. The number of likely N-dealkylation sites (N-methyl/N-ethyl adjacent to an activating group) is 1. The van der Waals surface area contributed by atoms with E-state index in [0.29, 0.717) is 49.6 Å². The van der Waals surface area contributed by atoms with Gasteiger partial charge in [0.05, 0.1) is 23.8 Å². The molecule has 0 aliphatic carbocycles. The number of phenols is 1. The Labute approximate surface area is 233 Å². The minimum Gasteiger partial charge on any atom is -0.506 e. The van der Waals surface area contributed by atoms with Crippen molar-refractivity contribution in [1.29, 1.82) is 0 Å². The number of thiazole rings is 1. The lowest BCUT2D eigenvalue weighted by Crippen LogP contribution is -2.37. The summed E-state index contributed by atoms with van der Waals surface area (Å²) in [7, 11) is 0. The highest BCUT2D eigenvalue weighted by Crippen LogP contribution is 2.27. The molecule has 1 amide bonds. The summed E-state index contributed by atoms with van der Waals surface area (Å²) in [4.78, 5) is 29.1. The molecule has 10 heteroatoms. The Morgan fingerprint density at radius 1 is 1.16 bits per heavy atom. The van der Waals surface area contributed by atoms with E-state index in [-0.39, 0.29) is 22.6 Å². The fourth-order valence-corrected chi connectivity index (χ4v) is 5.44. The molecule has 0 spiro atoms. The fraction of sp³-hybridized carbons (Fsp3) is 0.500. The van der Waals surface area contributed by atoms with E-state index in [0.717, 1.165) is 59.6 Å². The van der Waals surface area contributed by atoms with Crippen LogP contribution >= 0.6 is 22.9 Å². The number of carbonyl (C=O) groups is 1. The molecule has 1 aromatic heterocycles. The van der Waals surface area contributed by atoms with Gasteiger partial charge in [-0.15, -0.1) is 0 Å². The van der Waals surface area contributed by atoms with Crippen LogP contribution in [0.25, 0.3) is 10.2 Å². The largest absolute Gasteiger partial charge is 0.506 e. The second-order valence-electron chi connectivity index (χ2n) is 9.20. The molecule has 0 saturated carbocycles. The van der Waals surface area contributed by atoms with Crippen molar-refractivity contribution in [2.45, 2.75) is 45.6 Å². The van der Waals surface area contributed by atoms with Crippen LogP contribution in [0.15, 0.2) is 41.2 Å². The molecule has 0 bridgehead atoms. The summed E-state index contributed by atoms with van der Waals surface area (Å²) in [6.07, 6.45) is 2.25. The molecule has 0 aliphatic heterocycles. The average Bonchev–Trinajstić information content (AvgIpc) is 3.30. The van der Waals surface area contributed by atoms with Crippen LogP contribution in [0.2, 0.25) is 5.02 Å². The second-order valence-corrected chi connectivity index (χ2v) is 10.6. The van der Waals surface area contributed by atoms with E-state index in [2.05, 4.69) is 34.4 Å². The van der Waals surface area contributed by atoms with Crippen LogP contribution in [-0.2, 0) is 22.4 Å². The van der Waals surface area contributed by atoms with Gasteiger partial charge in [0.15, 0.2) is 0 Å². The Bertz CT molecular complexity index is 1210. The lowest BCUT2D eigenvalue weighted by Gasteiger charge is -2.20. The van der Waals surface area contributed by atoms with Crippen LogP contribution in [0.3, 0.4) is 0 Å². The van der Waals surface area contributed by atoms with Crippen molar-refractivity contribution < 1.29 is 14.6 Å². The number of aromatic amines is 1. The maximum Gasteiger partial charge on any atom is 0.305 e. The number of amides is 1. The first-order valence-electron chi connectivity index (χ1n) is 13.3. The zero-order valence-corrected chi connectivity index (χ0v) is 23.8. The van der Waals surface area contributed by atoms with Crippen molar-refractivity contribution in [1.82, 2.24) is 20.5 Å². The second kappa shape index (κ2) is 15.9. The van der Waals surface area contributed by atoms with Gasteiger partial charge in [-0.05, 0) is 74.8 Å². The number of fused-ring (bicyclic) bond motifs is 1. The summed E-state index contributed by atoms with van der Waals surface area (Å²) in [6.45, 7) is 9.53. The topological polar surface area (TPSA) is 107 Å². The van der Waals surface area contributed by atoms with Crippen molar-refractivity contribution in [3.63, 3.8) is 0 Å². The van der Waals surface area contributed by atoms with E-state index in [1.807, 2.05) is 30.3 Å². The van der Waals surface area contributed by atoms with Crippen LogP contribution in [-0.4, -0.2) is 72.9 Å². The number of nitrogens with one attached hydrogen (secondary N) is 3. The zero-order valence-electron chi connectivity index (χ0n) is 22.2. The van der Waals surface area contributed by atoms with Crippen LogP contribution in [0.4, 0.5) is 0 Å². The fourth-order valence-electron chi connectivity index (χ4n) is 4.33. The van der Waals surface area contributed by atoms with E-state index in [1.165, 1.54) is 0 Å². The third-order valence-electron chi connectivity index (χ3n) is 6.54. The smallest absolute Gasteiger partial charge is 0.305 e. The number of hydrogen-bond donors (Lipinski definition) is 4. The van der Waals surface area contributed by atoms with Gasteiger partial charge < -0.3 is 30.4 Å². The highest BCUT2D eigenvalue weighted by atomic mass is 35.5. The van der Waals surface area contributed by atoms with Crippen molar-refractivity contribution >= 4 is 39.1 Å². The third kappa shape index (κ3) is 9.71. The number of nitrogens with zero attached hydrogens (tertiary/aromatic N) is 1. The van der Waals surface area contributed by atoms with Gasteiger partial charge in [0.25, 0.3) is 0 Å². The molecule has 3 rings (SSSR count). The van der Waals surface area contributed by atoms with Crippen LogP contribution in [0.1, 0.15) is 37.8 Å². The summed E-state index contributed by atoms with van der Waals surface area (Å²) in [5, 5.41) is 17.1. The predicted octanol–water partition coefficient (Wildman–Crippen LogP) is 3.95. The molecule has 1 unspecified atom stereocenters. The number of H-pyrrole nitrogens is 1. The number of rotatable bonds is 17. The molecule has 3 aromatic rings. The van der Waals surface area contributed by atoms with Gasteiger partial charge in [-0.25, -0.2) is 0 Å². The van der Waals surface area contributed by atoms with Crippen molar-refractivity contribution in [2.75, 3.05) is 45.9 Å². The highest BCUT2D eigenvalue weighted by Gasteiger charge is 2.15. The first kappa shape index (κ1) is 30.1. The van der Waals surface area contributed by atoms with Gasteiger partial charge in [-0.3, -0.25) is 9.59 Å². The number of phenolic OH excluding ortho intramolecular Hbond substituents is 1. The molecule has 0 fully saturated rings. The molecule has 38 heavy (non-hydrogen) atoms. The highest BCUT2D eigenvalue weighted by molar-refractivity contribution is 7.16. The Kier molecular flexibility index (Phi) is 12.6. The summed E-state index contributed by atoms with van der Waals surface area (Å²) in [6, 6.07) is 11.2. The predicted molar refractivity (Wildman–Crippen MR) is 156 cm³/mol. The van der Waals surface area contributed by atoms with Gasteiger partial charge in [0.1, 0.15) is 11.3 Å². The van der Waals surface area contributed by atoms with Gasteiger partial charge in [-0.1, -0.05) is 55.0 Å². The lowest BCUT2D eigenvalue weighted by molar-refractivity contribution is -0.124. The molecule has 4 N–H and O–H groups in total. The van der Waals surface area contributed by atoms with Gasteiger partial charge >= 0.3 is 4.87 Å². The van der Waals surface area contributed by atoms with Crippen LogP contribution < -0.4 is 15.5 Å². The Morgan fingerprint density at radius 2 is 1.97 bits per heavy atom. The van der Waals surface area contributed by atoms with E-state index in [9.17, 15) is 14.7 Å². The molecule has 1 atom stereocenters. The minimum atomic E-state index is -0.203. The summed E-state index contributed by atoms with van der Waals surface area (Å²) >= 11 is 7.21. The van der Waals surface area contributed by atoms with Gasteiger partial charge in [0, 0.05) is 18.1 Å². The first-order valence-corrected chi connectivity index (χ1v) is 14.5. The quantitative estimate of drug-likeness (QED) is 0.186. The molecular formula is C28H39ClN4O4S. The molecule has 2 aromatic carbocycles. The number of ether oxygens (including phenoxy) is 1. The van der Waals surface area contributed by atoms with E-state index >= 15 is 0 Å². The average molecular weight is 563 g/mol. The summed E-state index contributed by atoms with van der Waals surface area (Å²) in [5.41, 5.74) is 2.61. The maximum atomic E-state index is 12.6. The molecule has 1 heterocycles. The molecule has 208 valence electrons. The van der Waals surface area contributed by atoms with Crippen molar-refractivity contribution in [3.05, 3.63) is 62.2 Å². The summed E-state index contributed by atoms with van der Waals surface area (Å²) < 4.78 is 6.94. The SMILES string of the molecule is CCN(CC)CCNC(=O)CC(CCNCCc1ccc(O)c2[nH]c(=O)sc12)OCCc1cccc(Cl)c1. The third-order valence-corrected chi connectivity index (χ3v) is 7.74. The molecule has 0 aliphatic rings. The number of carbonyl (C=O) groups excluding carboxylic acids is 1. The maximum absolute atomic E-state index is 12.6. The first-order chi connectivity index (χ1) is 18.4. The monoisotopic (exact) mass is 562 g/mol. The number of aromatic hydroxyl groups is 1. The number of aromatic nitrogens is 1. The number of hydrogen-bond acceptors (Lipinski definition) is 7. The number of halogens is 1. The van der Waals surface area contributed by atoms with Gasteiger partial charge in [0.2, 0.25) is 5.91 Å². The minimum absolute atomic E-state index is 0.00115. The van der Waals surface area contributed by atoms with Crippen molar-refractivity contribution in [2.24, 2.45) is 0 Å². The van der Waals surface area contributed by atoms with Crippen LogP contribution in [0.5, 0.6) is 5.75 Å². The van der Waals surface area contributed by atoms with Crippen molar-refractivity contribution in [3.8, 4) is 5.75 Å². The Hall–Kier alpha value is -2.43. The molecule has 0 saturated heterocycles. The number of benzene rings is 2. The Balaban J connectivity index is 1.47.